The van der Waals surface area contributed by atoms with E-state index in [1.165, 1.54) is 38.5 Å². The van der Waals surface area contributed by atoms with Gasteiger partial charge >= 0.3 is 6.03 Å². The molecule has 0 unspecified atom stereocenters. The smallest absolute Gasteiger partial charge is 0.315 e. The molecule has 2 saturated carbocycles. The second kappa shape index (κ2) is 10.1. The average molecular weight is 443 g/mol. The zero-order chi connectivity index (χ0) is 22.7. The highest BCUT2D eigenvalue weighted by Crippen LogP contribution is 2.34. The van der Waals surface area contributed by atoms with Crippen molar-refractivity contribution in [1.82, 2.24) is 19.4 Å². The number of ether oxygens (including phenoxy) is 1. The second-order valence-electron chi connectivity index (χ2n) is 9.50. The highest BCUT2D eigenvalue weighted by molar-refractivity contribution is 5.88. The number of primary amides is 1. The van der Waals surface area contributed by atoms with Gasteiger partial charge in [0, 0.05) is 31.2 Å². The van der Waals surface area contributed by atoms with Gasteiger partial charge in [0.2, 0.25) is 0 Å². The monoisotopic (exact) mass is 442 g/mol. The second-order valence-corrected chi connectivity index (χ2v) is 9.50. The first-order valence-electron chi connectivity index (χ1n) is 12.2. The Morgan fingerprint density at radius 2 is 1.88 bits per heavy atom. The van der Waals surface area contributed by atoms with E-state index in [1.54, 1.807) is 4.90 Å². The number of amides is 2. The summed E-state index contributed by atoms with van der Waals surface area (Å²) in [6.07, 6.45) is 10.5. The van der Waals surface area contributed by atoms with Crippen LogP contribution in [0.2, 0.25) is 0 Å². The van der Waals surface area contributed by atoms with Crippen LogP contribution in [0.25, 0.3) is 11.0 Å². The molecule has 176 valence electrons. The number of urea groups is 1. The number of rotatable bonds is 10. The number of aryl methyl sites for hydroxylation is 3. The number of imidazole rings is 1. The van der Waals surface area contributed by atoms with Crippen molar-refractivity contribution in [1.29, 1.82) is 0 Å². The van der Waals surface area contributed by atoms with Crippen LogP contribution in [-0.2, 0) is 17.7 Å². The quantitative estimate of drug-likeness (QED) is 0.545. The number of nitrogens with two attached hydrogens (primary N) is 2. The largest absolute Gasteiger partial charge is 0.382 e. The van der Waals surface area contributed by atoms with Crippen LogP contribution < -0.4 is 11.5 Å². The van der Waals surface area contributed by atoms with E-state index in [2.05, 4.69) is 16.5 Å². The lowest BCUT2D eigenvalue weighted by Crippen LogP contribution is -2.46. The number of fused-ring (bicyclic) bond motifs is 1. The van der Waals surface area contributed by atoms with Crippen LogP contribution in [-0.4, -0.2) is 51.3 Å². The van der Waals surface area contributed by atoms with E-state index in [-0.39, 0.29) is 12.1 Å². The molecule has 2 aromatic rings. The van der Waals surface area contributed by atoms with E-state index in [0.29, 0.717) is 32.1 Å². The average Bonchev–Trinajstić information content (AvgIpc) is 3.53. The van der Waals surface area contributed by atoms with Gasteiger partial charge in [0.05, 0.1) is 18.7 Å². The Kier molecular flexibility index (Phi) is 7.18. The van der Waals surface area contributed by atoms with Crippen LogP contribution in [0.4, 0.5) is 10.6 Å². The molecular formula is C24H38N6O2. The maximum absolute atomic E-state index is 11.9. The van der Waals surface area contributed by atoms with Gasteiger partial charge in [-0.05, 0) is 44.6 Å². The topological polar surface area (TPSA) is 112 Å². The number of nitrogen functional groups attached to an aromatic ring is 1. The van der Waals surface area contributed by atoms with Gasteiger partial charge in [-0.1, -0.05) is 32.1 Å². The summed E-state index contributed by atoms with van der Waals surface area (Å²) in [5, 5.41) is 0. The van der Waals surface area contributed by atoms with Crippen molar-refractivity contribution in [2.24, 2.45) is 11.7 Å². The Bertz CT molecular complexity index is 946. The Hall–Kier alpha value is -2.35. The van der Waals surface area contributed by atoms with Crippen molar-refractivity contribution >= 4 is 22.9 Å². The van der Waals surface area contributed by atoms with Crippen molar-refractivity contribution in [3.8, 4) is 0 Å². The molecule has 32 heavy (non-hydrogen) atoms. The zero-order valence-electron chi connectivity index (χ0n) is 19.6. The van der Waals surface area contributed by atoms with Crippen molar-refractivity contribution < 1.29 is 9.53 Å². The minimum absolute atomic E-state index is 0.262. The molecule has 0 radical (unpaired) electrons. The van der Waals surface area contributed by atoms with E-state index in [4.69, 9.17) is 21.2 Å². The number of anilines is 1. The molecule has 2 aliphatic carbocycles. The third-order valence-electron chi connectivity index (χ3n) is 7.18. The Labute approximate surface area is 190 Å². The van der Waals surface area contributed by atoms with Gasteiger partial charge in [-0.2, -0.15) is 0 Å². The Morgan fingerprint density at radius 1 is 1.12 bits per heavy atom. The predicted molar refractivity (Wildman–Crippen MR) is 126 cm³/mol. The first-order chi connectivity index (χ1) is 15.5. The van der Waals surface area contributed by atoms with E-state index in [9.17, 15) is 4.79 Å². The number of hydrogen-bond acceptors (Lipinski definition) is 5. The fourth-order valence-corrected chi connectivity index (χ4v) is 5.00. The first kappa shape index (κ1) is 22.8. The molecular weight excluding hydrogens is 404 g/mol. The van der Waals surface area contributed by atoms with Gasteiger partial charge in [-0.25, -0.2) is 14.8 Å². The summed E-state index contributed by atoms with van der Waals surface area (Å²) < 4.78 is 8.24. The van der Waals surface area contributed by atoms with Gasteiger partial charge < -0.3 is 25.7 Å². The van der Waals surface area contributed by atoms with Gasteiger partial charge in [-0.3, -0.25) is 0 Å². The lowest BCUT2D eigenvalue weighted by Gasteiger charge is -2.33. The van der Waals surface area contributed by atoms with Crippen molar-refractivity contribution in [3.05, 3.63) is 17.1 Å². The molecule has 2 aliphatic rings. The van der Waals surface area contributed by atoms with Crippen LogP contribution in [0.5, 0.6) is 0 Å². The molecule has 4 rings (SSSR count). The van der Waals surface area contributed by atoms with Gasteiger partial charge in [-0.15, -0.1) is 0 Å². The summed E-state index contributed by atoms with van der Waals surface area (Å²) in [5.41, 5.74) is 15.8. The van der Waals surface area contributed by atoms with Gasteiger partial charge in [0.15, 0.2) is 5.82 Å². The summed E-state index contributed by atoms with van der Waals surface area (Å²) in [5.74, 6) is 2.41. The van der Waals surface area contributed by atoms with Gasteiger partial charge in [0.1, 0.15) is 11.3 Å². The summed E-state index contributed by atoms with van der Waals surface area (Å²) >= 11 is 0. The lowest BCUT2D eigenvalue weighted by molar-refractivity contribution is 0.0877. The minimum atomic E-state index is -0.336. The molecule has 8 heteroatoms. The summed E-state index contributed by atoms with van der Waals surface area (Å²) in [6, 6.07) is -0.0740. The fourth-order valence-electron chi connectivity index (χ4n) is 5.00. The van der Waals surface area contributed by atoms with Crippen LogP contribution in [0.1, 0.15) is 68.4 Å². The van der Waals surface area contributed by atoms with E-state index >= 15 is 0 Å². The fraction of sp³-hybridized carbons (Fsp3) is 0.708. The highest BCUT2D eigenvalue weighted by atomic mass is 16.5. The molecule has 0 saturated heterocycles. The standard InChI is InChI=1S/C24H38N6O2/c1-16-17(2)27-23(25)21-22(16)30(20(28-21)11-10-18-8-9-18)13-15-32-14-12-29(24(26)31)19-6-4-3-5-7-19/h18-19H,3-15H2,1-2H3,(H2,25,27)(H2,26,31). The molecule has 2 heterocycles. The molecule has 0 bridgehead atoms. The summed E-state index contributed by atoms with van der Waals surface area (Å²) in [4.78, 5) is 23.1. The molecule has 0 spiro atoms. The number of carbonyl (C=O) groups is 1. The lowest BCUT2D eigenvalue weighted by atomic mass is 9.94. The molecule has 2 aromatic heterocycles. The predicted octanol–water partition coefficient (Wildman–Crippen LogP) is 3.70. The molecule has 8 nitrogen and oxygen atoms in total. The first-order valence-corrected chi connectivity index (χ1v) is 12.2. The van der Waals surface area contributed by atoms with Gasteiger partial charge in [0.25, 0.3) is 0 Å². The van der Waals surface area contributed by atoms with Crippen LogP contribution in [0, 0.1) is 19.8 Å². The maximum Gasteiger partial charge on any atom is 0.315 e. The highest BCUT2D eigenvalue weighted by Gasteiger charge is 2.25. The van der Waals surface area contributed by atoms with Crippen molar-refractivity contribution in [2.75, 3.05) is 25.5 Å². The third-order valence-corrected chi connectivity index (χ3v) is 7.18. The number of carbonyl (C=O) groups excluding carboxylic acids is 1. The minimum Gasteiger partial charge on any atom is -0.382 e. The molecule has 4 N–H and O–H groups in total. The zero-order valence-corrected chi connectivity index (χ0v) is 19.6. The SMILES string of the molecule is Cc1nc(N)c2nc(CCC3CC3)n(CCOCCN(C(N)=O)C3CCCCC3)c2c1C. The van der Waals surface area contributed by atoms with E-state index < -0.39 is 0 Å². The number of aromatic nitrogens is 3. The number of hydrogen-bond donors (Lipinski definition) is 2. The van der Waals surface area contributed by atoms with Crippen LogP contribution in [0.3, 0.4) is 0 Å². The Balaban J connectivity index is 1.40. The summed E-state index contributed by atoms with van der Waals surface area (Å²) in [6.45, 7) is 6.38. The van der Waals surface area contributed by atoms with Crippen molar-refractivity contribution in [3.63, 3.8) is 0 Å². The third kappa shape index (κ3) is 5.17. The van der Waals surface area contributed by atoms with E-state index in [0.717, 1.165) is 53.3 Å². The normalized spacial score (nSPS) is 17.2. The summed E-state index contributed by atoms with van der Waals surface area (Å²) in [7, 11) is 0. The number of nitrogens with zero attached hydrogens (tertiary/aromatic N) is 4. The van der Waals surface area contributed by atoms with E-state index in [1.807, 2.05) is 6.92 Å². The van der Waals surface area contributed by atoms with Crippen molar-refractivity contribution in [2.45, 2.75) is 84.2 Å². The molecule has 0 atom stereocenters. The molecule has 0 aliphatic heterocycles. The molecule has 2 fully saturated rings. The molecule has 0 aromatic carbocycles. The maximum atomic E-state index is 11.9. The van der Waals surface area contributed by atoms with Crippen LogP contribution in [0.15, 0.2) is 0 Å². The molecule has 2 amide bonds. The van der Waals surface area contributed by atoms with Crippen LogP contribution >= 0.6 is 0 Å². The number of pyridine rings is 1. The Morgan fingerprint density at radius 3 is 2.56 bits per heavy atom.